The standard InChI is InChI=1S/C16H28BNO6/c1-6-11-14(24-13(20)8-7-12(19)18-4)15(16(17)23-11)22-10(3)9(2)21-5/h9-11,14-16H,6-8H2,1-5H3,(H,18,19)/t9-,10-,11-,14+,15?,16-/m1/s1. The lowest BCUT2D eigenvalue weighted by Gasteiger charge is -2.29. The Kier molecular flexibility index (Phi) is 8.73. The van der Waals surface area contributed by atoms with Crippen molar-refractivity contribution < 1.29 is 28.5 Å². The Bertz CT molecular complexity index is 421. The molecule has 0 bridgehead atoms. The van der Waals surface area contributed by atoms with E-state index in [9.17, 15) is 9.59 Å². The zero-order chi connectivity index (χ0) is 18.3. The molecule has 0 saturated carbocycles. The molecular formula is C16H28BNO6. The Morgan fingerprint density at radius 1 is 1.21 bits per heavy atom. The average molecular weight is 341 g/mol. The summed E-state index contributed by atoms with van der Waals surface area (Å²) >= 11 is 0. The molecule has 0 aromatic carbocycles. The number of rotatable bonds is 9. The van der Waals surface area contributed by atoms with Crippen molar-refractivity contribution in [2.24, 2.45) is 0 Å². The van der Waals surface area contributed by atoms with Crippen LogP contribution in [0.25, 0.3) is 0 Å². The van der Waals surface area contributed by atoms with Crippen molar-refractivity contribution in [2.75, 3.05) is 14.2 Å². The van der Waals surface area contributed by atoms with Gasteiger partial charge in [-0.1, -0.05) is 6.92 Å². The van der Waals surface area contributed by atoms with Crippen LogP contribution in [0.15, 0.2) is 0 Å². The van der Waals surface area contributed by atoms with Gasteiger partial charge in [-0.3, -0.25) is 9.59 Å². The summed E-state index contributed by atoms with van der Waals surface area (Å²) in [5, 5.41) is 2.46. The zero-order valence-electron chi connectivity index (χ0n) is 15.1. The lowest BCUT2D eigenvalue weighted by molar-refractivity contribution is -0.163. The average Bonchev–Trinajstić information content (AvgIpc) is 2.87. The van der Waals surface area contributed by atoms with Crippen molar-refractivity contribution in [3.63, 3.8) is 0 Å². The van der Waals surface area contributed by atoms with Crippen molar-refractivity contribution in [3.8, 4) is 0 Å². The highest BCUT2D eigenvalue weighted by atomic mass is 16.6. The van der Waals surface area contributed by atoms with Crippen LogP contribution in [0.1, 0.15) is 40.0 Å². The minimum absolute atomic E-state index is 0.00140. The summed E-state index contributed by atoms with van der Waals surface area (Å²) in [6.07, 6.45) is -1.18. The van der Waals surface area contributed by atoms with Crippen LogP contribution < -0.4 is 5.32 Å². The largest absolute Gasteiger partial charge is 0.457 e. The summed E-state index contributed by atoms with van der Waals surface area (Å²) in [5.41, 5.74) is 0. The molecular weight excluding hydrogens is 313 g/mol. The van der Waals surface area contributed by atoms with Crippen LogP contribution in [-0.4, -0.2) is 70.4 Å². The van der Waals surface area contributed by atoms with Gasteiger partial charge in [-0.25, -0.2) is 0 Å². The number of nitrogens with one attached hydrogen (secondary N) is 1. The molecule has 6 atom stereocenters. The predicted octanol–water partition coefficient (Wildman–Crippen LogP) is 0.536. The maximum absolute atomic E-state index is 12.0. The Balaban J connectivity index is 2.70. The summed E-state index contributed by atoms with van der Waals surface area (Å²) in [7, 11) is 9.12. The Morgan fingerprint density at radius 3 is 2.42 bits per heavy atom. The number of hydrogen-bond acceptors (Lipinski definition) is 6. The van der Waals surface area contributed by atoms with Gasteiger partial charge in [0.1, 0.15) is 14.0 Å². The molecule has 1 unspecified atom stereocenters. The van der Waals surface area contributed by atoms with Gasteiger partial charge in [0, 0.05) is 26.6 Å². The number of hydrogen-bond donors (Lipinski definition) is 1. The first-order chi connectivity index (χ1) is 11.3. The molecule has 1 amide bonds. The van der Waals surface area contributed by atoms with E-state index in [2.05, 4.69) is 5.32 Å². The predicted molar refractivity (Wildman–Crippen MR) is 88.7 cm³/mol. The molecule has 1 aliphatic heterocycles. The highest BCUT2D eigenvalue weighted by molar-refractivity contribution is 6.11. The molecule has 1 aliphatic rings. The summed E-state index contributed by atoms with van der Waals surface area (Å²) in [4.78, 5) is 23.3. The third-order valence-corrected chi connectivity index (χ3v) is 4.26. The molecule has 1 heterocycles. The van der Waals surface area contributed by atoms with Crippen LogP contribution in [-0.2, 0) is 28.5 Å². The van der Waals surface area contributed by atoms with Crippen molar-refractivity contribution in [3.05, 3.63) is 0 Å². The third-order valence-electron chi connectivity index (χ3n) is 4.26. The minimum atomic E-state index is -0.682. The minimum Gasteiger partial charge on any atom is -0.457 e. The maximum Gasteiger partial charge on any atom is 0.306 e. The number of ether oxygens (including phenoxy) is 4. The fourth-order valence-corrected chi connectivity index (χ4v) is 2.48. The van der Waals surface area contributed by atoms with Gasteiger partial charge in [-0.15, -0.1) is 0 Å². The molecule has 1 saturated heterocycles. The summed E-state index contributed by atoms with van der Waals surface area (Å²) < 4.78 is 22.4. The number of amides is 1. The third kappa shape index (κ3) is 5.75. The lowest BCUT2D eigenvalue weighted by Crippen LogP contribution is -2.43. The number of carbonyl (C=O) groups excluding carboxylic acids is 2. The van der Waals surface area contributed by atoms with Crippen LogP contribution in [0, 0.1) is 0 Å². The van der Waals surface area contributed by atoms with Crippen LogP contribution >= 0.6 is 0 Å². The Labute approximate surface area is 145 Å². The van der Waals surface area contributed by atoms with E-state index in [1.54, 1.807) is 7.11 Å². The molecule has 0 spiro atoms. The molecule has 1 rings (SSSR count). The Hall–Kier alpha value is -1.12. The summed E-state index contributed by atoms with van der Waals surface area (Å²) in [5.74, 6) is -0.686. The number of carbonyl (C=O) groups is 2. The fraction of sp³-hybridized carbons (Fsp3) is 0.875. The maximum atomic E-state index is 12.0. The van der Waals surface area contributed by atoms with Gasteiger partial charge in [0.05, 0.1) is 24.7 Å². The molecule has 136 valence electrons. The lowest BCUT2D eigenvalue weighted by atomic mass is 9.92. The van der Waals surface area contributed by atoms with E-state index in [0.717, 1.165) is 0 Å². The van der Waals surface area contributed by atoms with Gasteiger partial charge in [0.15, 0.2) is 6.10 Å². The van der Waals surface area contributed by atoms with Gasteiger partial charge in [0.2, 0.25) is 5.91 Å². The second-order valence-electron chi connectivity index (χ2n) is 5.92. The van der Waals surface area contributed by atoms with Gasteiger partial charge >= 0.3 is 5.97 Å². The number of esters is 1. The summed E-state index contributed by atoms with van der Waals surface area (Å²) in [6.45, 7) is 5.67. The highest BCUT2D eigenvalue weighted by Gasteiger charge is 2.45. The fourth-order valence-electron chi connectivity index (χ4n) is 2.48. The number of methoxy groups -OCH3 is 1. The zero-order valence-corrected chi connectivity index (χ0v) is 15.1. The van der Waals surface area contributed by atoms with E-state index in [-0.39, 0.29) is 37.1 Å². The topological polar surface area (TPSA) is 83.1 Å². The van der Waals surface area contributed by atoms with Crippen molar-refractivity contribution in [1.82, 2.24) is 5.32 Å². The quantitative estimate of drug-likeness (QED) is 0.487. The van der Waals surface area contributed by atoms with Gasteiger partial charge < -0.3 is 24.3 Å². The molecule has 2 radical (unpaired) electrons. The van der Waals surface area contributed by atoms with Gasteiger partial charge in [0.25, 0.3) is 0 Å². The van der Waals surface area contributed by atoms with Crippen molar-refractivity contribution in [2.45, 2.75) is 76.6 Å². The molecule has 0 aromatic heterocycles. The van der Waals surface area contributed by atoms with Crippen molar-refractivity contribution >= 4 is 19.7 Å². The molecule has 1 fully saturated rings. The van der Waals surface area contributed by atoms with E-state index >= 15 is 0 Å². The van der Waals surface area contributed by atoms with E-state index in [1.807, 2.05) is 20.8 Å². The van der Waals surface area contributed by atoms with E-state index in [4.69, 9.17) is 26.8 Å². The molecule has 0 aromatic rings. The van der Waals surface area contributed by atoms with E-state index < -0.39 is 24.2 Å². The first-order valence-corrected chi connectivity index (χ1v) is 8.33. The van der Waals surface area contributed by atoms with E-state index in [0.29, 0.717) is 6.42 Å². The second kappa shape index (κ2) is 10.0. The molecule has 1 N–H and O–H groups in total. The van der Waals surface area contributed by atoms with Gasteiger partial charge in [-0.05, 0) is 20.3 Å². The Morgan fingerprint density at radius 2 is 1.88 bits per heavy atom. The van der Waals surface area contributed by atoms with Crippen LogP contribution in [0.5, 0.6) is 0 Å². The van der Waals surface area contributed by atoms with Gasteiger partial charge in [-0.2, -0.15) is 0 Å². The smallest absolute Gasteiger partial charge is 0.306 e. The summed E-state index contributed by atoms with van der Waals surface area (Å²) in [6, 6.07) is -0.682. The van der Waals surface area contributed by atoms with Crippen LogP contribution in [0.3, 0.4) is 0 Å². The van der Waals surface area contributed by atoms with E-state index in [1.165, 1.54) is 7.05 Å². The molecule has 7 nitrogen and oxygen atoms in total. The first-order valence-electron chi connectivity index (χ1n) is 8.33. The molecule has 0 aliphatic carbocycles. The van der Waals surface area contributed by atoms with Crippen LogP contribution in [0.4, 0.5) is 0 Å². The second-order valence-corrected chi connectivity index (χ2v) is 5.92. The molecule has 24 heavy (non-hydrogen) atoms. The normalized spacial score (nSPS) is 29.0. The van der Waals surface area contributed by atoms with Crippen molar-refractivity contribution in [1.29, 1.82) is 0 Å². The van der Waals surface area contributed by atoms with Crippen LogP contribution in [0.2, 0.25) is 0 Å². The molecule has 8 heteroatoms. The first kappa shape index (κ1) is 20.9. The monoisotopic (exact) mass is 341 g/mol. The highest BCUT2D eigenvalue weighted by Crippen LogP contribution is 2.29. The SMILES string of the molecule is [B][C@@H]1O[C@H](CC)[C@H](OC(=O)CCC(=O)NC)C1O[C@H](C)[C@@H](C)OC.